The summed E-state index contributed by atoms with van der Waals surface area (Å²) in [5, 5.41) is 3.28. The van der Waals surface area contributed by atoms with Crippen LogP contribution < -0.4 is 5.32 Å². The summed E-state index contributed by atoms with van der Waals surface area (Å²) in [7, 11) is 0. The largest absolute Gasteiger partial charge is 0.339 e. The maximum absolute atomic E-state index is 12.6. The van der Waals surface area contributed by atoms with Gasteiger partial charge in [-0.15, -0.1) is 0 Å². The molecule has 18 heavy (non-hydrogen) atoms. The summed E-state index contributed by atoms with van der Waals surface area (Å²) in [5.74, 6) is 0.231. The average Bonchev–Trinajstić information content (AvgIpc) is 2.39. The SMILES string of the molecule is Cc1cccc(C(C)(C)C(=O)N2CCNCC2)c1. The van der Waals surface area contributed by atoms with E-state index in [1.54, 1.807) is 0 Å². The topological polar surface area (TPSA) is 32.3 Å². The first-order valence-electron chi connectivity index (χ1n) is 6.59. The van der Waals surface area contributed by atoms with Crippen LogP contribution in [0.3, 0.4) is 0 Å². The Morgan fingerprint density at radius 2 is 1.94 bits per heavy atom. The number of hydrogen-bond donors (Lipinski definition) is 1. The molecule has 1 aliphatic heterocycles. The van der Waals surface area contributed by atoms with E-state index in [2.05, 4.69) is 24.4 Å². The molecule has 0 atom stereocenters. The number of carbonyl (C=O) groups excluding carboxylic acids is 1. The molecular weight excluding hydrogens is 224 g/mol. The van der Waals surface area contributed by atoms with Gasteiger partial charge in [-0.1, -0.05) is 29.8 Å². The number of hydrogen-bond acceptors (Lipinski definition) is 2. The highest BCUT2D eigenvalue weighted by Gasteiger charge is 2.34. The number of carbonyl (C=O) groups is 1. The van der Waals surface area contributed by atoms with Gasteiger partial charge in [0.05, 0.1) is 5.41 Å². The molecule has 1 aromatic carbocycles. The van der Waals surface area contributed by atoms with E-state index in [0.29, 0.717) is 0 Å². The molecule has 3 heteroatoms. The van der Waals surface area contributed by atoms with Gasteiger partial charge in [0.1, 0.15) is 0 Å². The van der Waals surface area contributed by atoms with Gasteiger partial charge in [0.15, 0.2) is 0 Å². The van der Waals surface area contributed by atoms with Gasteiger partial charge in [-0.25, -0.2) is 0 Å². The summed E-state index contributed by atoms with van der Waals surface area (Å²) < 4.78 is 0. The molecule has 1 N–H and O–H groups in total. The average molecular weight is 246 g/mol. The van der Waals surface area contributed by atoms with Crippen molar-refractivity contribution in [1.82, 2.24) is 10.2 Å². The number of nitrogens with zero attached hydrogens (tertiary/aromatic N) is 1. The molecule has 1 aliphatic rings. The first kappa shape index (κ1) is 13.1. The highest BCUT2D eigenvalue weighted by molar-refractivity contribution is 5.87. The minimum absolute atomic E-state index is 0.231. The zero-order valence-electron chi connectivity index (χ0n) is 11.5. The van der Waals surface area contributed by atoms with E-state index < -0.39 is 5.41 Å². The molecule has 1 saturated heterocycles. The summed E-state index contributed by atoms with van der Waals surface area (Å²) in [4.78, 5) is 14.6. The third-order valence-electron chi connectivity index (χ3n) is 3.68. The Balaban J connectivity index is 2.21. The molecule has 98 valence electrons. The zero-order chi connectivity index (χ0) is 13.2. The highest BCUT2D eigenvalue weighted by Crippen LogP contribution is 2.26. The number of nitrogens with one attached hydrogen (secondary N) is 1. The summed E-state index contributed by atoms with van der Waals surface area (Å²) in [6, 6.07) is 8.25. The number of aryl methyl sites for hydroxylation is 1. The highest BCUT2D eigenvalue weighted by atomic mass is 16.2. The van der Waals surface area contributed by atoms with Gasteiger partial charge < -0.3 is 10.2 Å². The van der Waals surface area contributed by atoms with Gasteiger partial charge in [0.25, 0.3) is 0 Å². The van der Waals surface area contributed by atoms with Gasteiger partial charge in [0.2, 0.25) is 5.91 Å². The third-order valence-corrected chi connectivity index (χ3v) is 3.68. The Bertz CT molecular complexity index is 434. The molecule has 2 rings (SSSR count). The maximum Gasteiger partial charge on any atom is 0.232 e. The maximum atomic E-state index is 12.6. The second kappa shape index (κ2) is 5.11. The fourth-order valence-corrected chi connectivity index (χ4v) is 2.42. The first-order chi connectivity index (χ1) is 8.51. The van der Waals surface area contributed by atoms with Crippen LogP contribution in [0.15, 0.2) is 24.3 Å². The fraction of sp³-hybridized carbons (Fsp3) is 0.533. The van der Waals surface area contributed by atoms with Gasteiger partial charge in [-0.2, -0.15) is 0 Å². The lowest BCUT2D eigenvalue weighted by Gasteiger charge is -2.35. The van der Waals surface area contributed by atoms with Crippen LogP contribution in [0, 0.1) is 6.92 Å². The van der Waals surface area contributed by atoms with Crippen molar-refractivity contribution in [2.45, 2.75) is 26.2 Å². The molecule has 0 bridgehead atoms. The predicted octanol–water partition coefficient (Wildman–Crippen LogP) is 1.70. The van der Waals surface area contributed by atoms with E-state index in [-0.39, 0.29) is 5.91 Å². The molecule has 0 aromatic heterocycles. The van der Waals surface area contributed by atoms with Crippen molar-refractivity contribution in [3.05, 3.63) is 35.4 Å². The molecule has 0 spiro atoms. The quantitative estimate of drug-likeness (QED) is 0.861. The standard InChI is InChI=1S/C15H22N2O/c1-12-5-4-6-13(11-12)15(2,3)14(18)17-9-7-16-8-10-17/h4-6,11,16H,7-10H2,1-3H3. The van der Waals surface area contributed by atoms with Gasteiger partial charge in [0, 0.05) is 26.2 Å². The van der Waals surface area contributed by atoms with E-state index in [1.807, 2.05) is 30.9 Å². The van der Waals surface area contributed by atoms with E-state index in [1.165, 1.54) is 5.56 Å². The Morgan fingerprint density at radius 3 is 2.56 bits per heavy atom. The van der Waals surface area contributed by atoms with Crippen molar-refractivity contribution in [2.24, 2.45) is 0 Å². The Morgan fingerprint density at radius 1 is 1.28 bits per heavy atom. The lowest BCUT2D eigenvalue weighted by molar-refractivity contribution is -0.136. The van der Waals surface area contributed by atoms with Crippen molar-refractivity contribution in [3.63, 3.8) is 0 Å². The van der Waals surface area contributed by atoms with Crippen LogP contribution in [-0.4, -0.2) is 37.0 Å². The Labute approximate surface area is 109 Å². The third kappa shape index (κ3) is 2.56. The van der Waals surface area contributed by atoms with Crippen molar-refractivity contribution in [3.8, 4) is 0 Å². The second-order valence-corrected chi connectivity index (χ2v) is 5.54. The fourth-order valence-electron chi connectivity index (χ4n) is 2.42. The Kier molecular flexibility index (Phi) is 3.71. The lowest BCUT2D eigenvalue weighted by atomic mass is 9.82. The second-order valence-electron chi connectivity index (χ2n) is 5.54. The van der Waals surface area contributed by atoms with E-state index in [0.717, 1.165) is 31.7 Å². The molecule has 0 unspecified atom stereocenters. The van der Waals surface area contributed by atoms with Crippen LogP contribution in [0.4, 0.5) is 0 Å². The summed E-state index contributed by atoms with van der Waals surface area (Å²) >= 11 is 0. The number of piperazine rings is 1. The van der Waals surface area contributed by atoms with E-state index in [9.17, 15) is 4.79 Å². The Hall–Kier alpha value is -1.35. The minimum atomic E-state index is -0.441. The minimum Gasteiger partial charge on any atom is -0.339 e. The molecule has 3 nitrogen and oxygen atoms in total. The van der Waals surface area contributed by atoms with Crippen LogP contribution in [0.2, 0.25) is 0 Å². The molecule has 0 saturated carbocycles. The molecule has 0 radical (unpaired) electrons. The van der Waals surface area contributed by atoms with Crippen molar-refractivity contribution < 1.29 is 4.79 Å². The summed E-state index contributed by atoms with van der Waals surface area (Å²) in [6.07, 6.45) is 0. The molecule has 1 fully saturated rings. The van der Waals surface area contributed by atoms with Gasteiger partial charge in [-0.3, -0.25) is 4.79 Å². The first-order valence-corrected chi connectivity index (χ1v) is 6.59. The zero-order valence-corrected chi connectivity index (χ0v) is 11.5. The molecular formula is C15H22N2O. The summed E-state index contributed by atoms with van der Waals surface area (Å²) in [6.45, 7) is 9.53. The van der Waals surface area contributed by atoms with Gasteiger partial charge in [-0.05, 0) is 26.3 Å². The van der Waals surface area contributed by atoms with Crippen LogP contribution in [-0.2, 0) is 10.2 Å². The smallest absolute Gasteiger partial charge is 0.232 e. The van der Waals surface area contributed by atoms with Crippen LogP contribution >= 0.6 is 0 Å². The lowest BCUT2D eigenvalue weighted by Crippen LogP contribution is -2.51. The van der Waals surface area contributed by atoms with Crippen molar-refractivity contribution >= 4 is 5.91 Å². The normalized spacial score (nSPS) is 16.7. The number of rotatable bonds is 2. The molecule has 1 aromatic rings. The van der Waals surface area contributed by atoms with Crippen LogP contribution in [0.25, 0.3) is 0 Å². The monoisotopic (exact) mass is 246 g/mol. The number of amides is 1. The molecule has 1 amide bonds. The molecule has 1 heterocycles. The predicted molar refractivity (Wildman–Crippen MR) is 73.7 cm³/mol. The van der Waals surface area contributed by atoms with Crippen molar-refractivity contribution in [2.75, 3.05) is 26.2 Å². The summed E-state index contributed by atoms with van der Waals surface area (Å²) in [5.41, 5.74) is 1.86. The van der Waals surface area contributed by atoms with Crippen LogP contribution in [0.5, 0.6) is 0 Å². The number of benzene rings is 1. The van der Waals surface area contributed by atoms with E-state index >= 15 is 0 Å². The van der Waals surface area contributed by atoms with E-state index in [4.69, 9.17) is 0 Å². The van der Waals surface area contributed by atoms with Gasteiger partial charge >= 0.3 is 0 Å². The van der Waals surface area contributed by atoms with Crippen LogP contribution in [0.1, 0.15) is 25.0 Å². The molecule has 0 aliphatic carbocycles. The van der Waals surface area contributed by atoms with Crippen molar-refractivity contribution in [1.29, 1.82) is 0 Å².